The fourth-order valence-electron chi connectivity index (χ4n) is 2.72. The number of nitrogens with zero attached hydrogens (tertiary/aromatic N) is 1. The predicted molar refractivity (Wildman–Crippen MR) is 84.2 cm³/mol. The van der Waals surface area contributed by atoms with Gasteiger partial charge in [0.15, 0.2) is 0 Å². The Morgan fingerprint density at radius 3 is 2.95 bits per heavy atom. The fourth-order valence-corrected chi connectivity index (χ4v) is 3.71. The maximum Gasteiger partial charge on any atom is 0.273 e. The third-order valence-corrected chi connectivity index (χ3v) is 4.87. The fraction of sp³-hybridized carbons (Fsp3) is 0.188. The van der Waals surface area contributed by atoms with Crippen molar-refractivity contribution in [3.63, 3.8) is 0 Å². The topological polar surface area (TPSA) is 34.0 Å². The zero-order valence-corrected chi connectivity index (χ0v) is 11.7. The van der Waals surface area contributed by atoms with Gasteiger partial charge in [-0.25, -0.2) is 3.96 Å². The summed E-state index contributed by atoms with van der Waals surface area (Å²) in [4.78, 5) is 12.4. The Balaban J connectivity index is 1.91. The summed E-state index contributed by atoms with van der Waals surface area (Å²) < 4.78 is 2.81. The largest absolute Gasteiger partial charge is 0.385 e. The highest BCUT2D eigenvalue weighted by Gasteiger charge is 2.12. The van der Waals surface area contributed by atoms with E-state index in [-0.39, 0.29) is 5.56 Å². The van der Waals surface area contributed by atoms with E-state index in [0.717, 1.165) is 34.4 Å². The zero-order valence-electron chi connectivity index (χ0n) is 10.9. The average molecular weight is 282 g/mol. The minimum Gasteiger partial charge on any atom is -0.385 e. The molecule has 0 fully saturated rings. The molecule has 1 N–H and O–H groups in total. The summed E-state index contributed by atoms with van der Waals surface area (Å²) in [6.07, 6.45) is 2.29. The zero-order chi connectivity index (χ0) is 13.5. The molecule has 0 spiro atoms. The van der Waals surface area contributed by atoms with E-state index >= 15 is 0 Å². The van der Waals surface area contributed by atoms with Crippen LogP contribution >= 0.6 is 11.5 Å². The molecule has 1 aliphatic rings. The lowest BCUT2D eigenvalue weighted by molar-refractivity contribution is 0.829. The highest BCUT2D eigenvalue weighted by molar-refractivity contribution is 7.14. The Labute approximate surface area is 120 Å². The van der Waals surface area contributed by atoms with Crippen LogP contribution in [0.2, 0.25) is 0 Å². The van der Waals surface area contributed by atoms with Crippen LogP contribution in [0.4, 0.5) is 5.69 Å². The van der Waals surface area contributed by atoms with E-state index in [1.165, 1.54) is 23.5 Å². The average Bonchev–Trinajstić information content (AvgIpc) is 2.84. The summed E-state index contributed by atoms with van der Waals surface area (Å²) in [6, 6.07) is 14.0. The van der Waals surface area contributed by atoms with E-state index in [1.54, 1.807) is 3.96 Å². The summed E-state index contributed by atoms with van der Waals surface area (Å²) in [5.74, 6) is 0. The number of benzene rings is 2. The van der Waals surface area contributed by atoms with Crippen molar-refractivity contribution in [3.05, 3.63) is 58.4 Å². The van der Waals surface area contributed by atoms with Crippen molar-refractivity contribution in [2.24, 2.45) is 0 Å². The van der Waals surface area contributed by atoms with Gasteiger partial charge in [0, 0.05) is 12.2 Å². The van der Waals surface area contributed by atoms with Gasteiger partial charge in [-0.15, -0.1) is 0 Å². The van der Waals surface area contributed by atoms with Crippen LogP contribution in [-0.2, 0) is 6.42 Å². The second-order valence-corrected chi connectivity index (χ2v) is 6.05. The van der Waals surface area contributed by atoms with Gasteiger partial charge in [0.25, 0.3) is 5.56 Å². The molecule has 0 unspecified atom stereocenters. The molecule has 1 aromatic heterocycles. The molecule has 0 saturated heterocycles. The number of hydrogen-bond donors (Lipinski definition) is 1. The van der Waals surface area contributed by atoms with Gasteiger partial charge in [-0.3, -0.25) is 4.79 Å². The third-order valence-electron chi connectivity index (χ3n) is 3.76. The van der Waals surface area contributed by atoms with Crippen molar-refractivity contribution < 1.29 is 0 Å². The lowest BCUT2D eigenvalue weighted by Crippen LogP contribution is -2.14. The highest BCUT2D eigenvalue weighted by Crippen LogP contribution is 2.26. The third kappa shape index (κ3) is 1.76. The molecule has 3 aromatic rings. The first-order chi connectivity index (χ1) is 9.83. The Hall–Kier alpha value is -2.07. The van der Waals surface area contributed by atoms with Gasteiger partial charge in [0.2, 0.25) is 0 Å². The number of rotatable bonds is 1. The van der Waals surface area contributed by atoms with Gasteiger partial charge in [0.1, 0.15) is 0 Å². The van der Waals surface area contributed by atoms with Crippen LogP contribution < -0.4 is 10.9 Å². The second kappa shape index (κ2) is 4.49. The van der Waals surface area contributed by atoms with Crippen molar-refractivity contribution >= 4 is 27.3 Å². The molecule has 2 heterocycles. The predicted octanol–water partition coefficient (Wildman–Crippen LogP) is 3.41. The maximum absolute atomic E-state index is 12.4. The molecule has 0 saturated carbocycles. The maximum atomic E-state index is 12.4. The minimum atomic E-state index is 0.0707. The summed E-state index contributed by atoms with van der Waals surface area (Å²) >= 11 is 1.50. The number of aromatic nitrogens is 1. The molecule has 2 aromatic carbocycles. The number of fused-ring (bicyclic) bond motifs is 2. The summed E-state index contributed by atoms with van der Waals surface area (Å²) in [5.41, 5.74) is 3.53. The van der Waals surface area contributed by atoms with Crippen LogP contribution in [0.1, 0.15) is 12.0 Å². The smallest absolute Gasteiger partial charge is 0.273 e. The lowest BCUT2D eigenvalue weighted by atomic mass is 10.0. The second-order valence-electron chi connectivity index (χ2n) is 5.06. The van der Waals surface area contributed by atoms with Gasteiger partial charge in [-0.05, 0) is 42.7 Å². The quantitative estimate of drug-likeness (QED) is 0.742. The van der Waals surface area contributed by atoms with Gasteiger partial charge in [0.05, 0.1) is 15.8 Å². The Morgan fingerprint density at radius 2 is 2.05 bits per heavy atom. The minimum absolute atomic E-state index is 0.0707. The van der Waals surface area contributed by atoms with Gasteiger partial charge in [-0.1, -0.05) is 29.7 Å². The molecule has 20 heavy (non-hydrogen) atoms. The molecule has 3 nitrogen and oxygen atoms in total. The molecule has 1 aliphatic heterocycles. The summed E-state index contributed by atoms with van der Waals surface area (Å²) in [7, 11) is 0. The molecule has 4 heteroatoms. The van der Waals surface area contributed by atoms with Crippen LogP contribution in [0, 0.1) is 0 Å². The van der Waals surface area contributed by atoms with E-state index in [4.69, 9.17) is 0 Å². The first kappa shape index (κ1) is 11.7. The van der Waals surface area contributed by atoms with E-state index in [2.05, 4.69) is 17.4 Å². The number of nitrogens with one attached hydrogen (secondary N) is 1. The molecule has 0 atom stereocenters. The van der Waals surface area contributed by atoms with Crippen LogP contribution in [0.3, 0.4) is 0 Å². The normalized spacial score (nSPS) is 14.0. The highest BCUT2D eigenvalue weighted by atomic mass is 32.1. The van der Waals surface area contributed by atoms with Crippen molar-refractivity contribution in [1.82, 2.24) is 3.96 Å². The summed E-state index contributed by atoms with van der Waals surface area (Å²) in [5, 5.41) is 4.21. The monoisotopic (exact) mass is 282 g/mol. The van der Waals surface area contributed by atoms with Crippen molar-refractivity contribution in [2.75, 3.05) is 11.9 Å². The Kier molecular flexibility index (Phi) is 2.63. The number of anilines is 1. The molecule has 4 rings (SSSR count). The van der Waals surface area contributed by atoms with Crippen LogP contribution in [0.5, 0.6) is 0 Å². The molecule has 0 radical (unpaired) electrons. The van der Waals surface area contributed by atoms with E-state index < -0.39 is 0 Å². The van der Waals surface area contributed by atoms with Crippen molar-refractivity contribution in [1.29, 1.82) is 0 Å². The van der Waals surface area contributed by atoms with Gasteiger partial charge < -0.3 is 5.32 Å². The van der Waals surface area contributed by atoms with Gasteiger partial charge in [-0.2, -0.15) is 0 Å². The molecular weight excluding hydrogens is 268 g/mol. The van der Waals surface area contributed by atoms with Crippen molar-refractivity contribution in [2.45, 2.75) is 12.8 Å². The molecule has 100 valence electrons. The van der Waals surface area contributed by atoms with E-state index in [9.17, 15) is 4.79 Å². The standard InChI is InChI=1S/C16H14N2OS/c19-16-13-5-1-2-6-15(13)20-18(16)12-8-7-11-4-3-9-17-14(11)10-12/h1-2,5-8,10,17H,3-4,9H2. The van der Waals surface area contributed by atoms with Crippen LogP contribution in [0.15, 0.2) is 47.3 Å². The number of hydrogen-bond acceptors (Lipinski definition) is 3. The summed E-state index contributed by atoms with van der Waals surface area (Å²) in [6.45, 7) is 1.01. The molecular formula is C16H14N2OS. The molecule has 0 amide bonds. The Morgan fingerprint density at radius 1 is 1.15 bits per heavy atom. The SMILES string of the molecule is O=c1c2ccccc2sn1-c1ccc2c(c1)NCCC2. The van der Waals surface area contributed by atoms with Gasteiger partial charge >= 0.3 is 0 Å². The van der Waals surface area contributed by atoms with E-state index in [0.29, 0.717) is 0 Å². The van der Waals surface area contributed by atoms with Crippen LogP contribution in [-0.4, -0.2) is 10.5 Å². The Bertz CT molecular complexity index is 847. The first-order valence-corrected chi connectivity index (χ1v) is 7.58. The van der Waals surface area contributed by atoms with Crippen molar-refractivity contribution in [3.8, 4) is 5.69 Å². The van der Waals surface area contributed by atoms with E-state index in [1.807, 2.05) is 30.3 Å². The first-order valence-electron chi connectivity index (χ1n) is 6.81. The lowest BCUT2D eigenvalue weighted by Gasteiger charge is -2.18. The molecule has 0 bridgehead atoms. The molecule has 0 aliphatic carbocycles. The number of aryl methyl sites for hydroxylation is 1. The van der Waals surface area contributed by atoms with Crippen LogP contribution in [0.25, 0.3) is 15.8 Å².